The Morgan fingerprint density at radius 3 is 2.36 bits per heavy atom. The number of benzene rings is 1. The summed E-state index contributed by atoms with van der Waals surface area (Å²) < 4.78 is 0. The van der Waals surface area contributed by atoms with Gasteiger partial charge in [-0.25, -0.2) is 0 Å². The zero-order valence-electron chi connectivity index (χ0n) is 11.4. The molecule has 1 heterocycles. The van der Waals surface area contributed by atoms with Crippen LogP contribution in [0.2, 0.25) is 0 Å². The Bertz CT molecular complexity index is 850. The van der Waals surface area contributed by atoms with Crippen LogP contribution in [0.3, 0.4) is 0 Å². The van der Waals surface area contributed by atoms with Gasteiger partial charge in [-0.05, 0) is 6.08 Å². The highest BCUT2D eigenvalue weighted by molar-refractivity contribution is 5.76. The number of hydrogen-bond donors (Lipinski definition) is 2. The number of nitrogens with zero attached hydrogens (tertiary/aromatic N) is 4. The van der Waals surface area contributed by atoms with Gasteiger partial charge in [-0.2, -0.15) is 20.9 Å². The van der Waals surface area contributed by atoms with Crippen LogP contribution in [0, 0.1) is 34.0 Å². The molecule has 0 aliphatic rings. The van der Waals surface area contributed by atoms with Crippen LogP contribution in [0.5, 0.6) is 0 Å². The number of rotatable bonds is 3. The van der Waals surface area contributed by atoms with Gasteiger partial charge in [0, 0.05) is 11.1 Å². The Morgan fingerprint density at radius 1 is 1.09 bits per heavy atom. The molecule has 1 aromatic carbocycles. The van der Waals surface area contributed by atoms with Gasteiger partial charge in [0.25, 0.3) is 0 Å². The Morgan fingerprint density at radius 2 is 1.77 bits per heavy atom. The second-order valence-corrected chi connectivity index (χ2v) is 4.25. The number of H-pyrrole nitrogens is 1. The van der Waals surface area contributed by atoms with E-state index in [1.165, 1.54) is 6.08 Å². The van der Waals surface area contributed by atoms with Crippen molar-refractivity contribution in [1.82, 2.24) is 10.2 Å². The number of nitrogens with one attached hydrogen (secondary N) is 1. The van der Waals surface area contributed by atoms with E-state index in [1.54, 1.807) is 18.3 Å². The van der Waals surface area contributed by atoms with Crippen LogP contribution in [-0.2, 0) is 0 Å². The van der Waals surface area contributed by atoms with Gasteiger partial charge in [-0.3, -0.25) is 5.10 Å². The topological polar surface area (TPSA) is 126 Å². The molecule has 2 rings (SSSR count). The molecule has 104 valence electrons. The Hall–Kier alpha value is -3.82. The van der Waals surface area contributed by atoms with Gasteiger partial charge in [0.15, 0.2) is 5.57 Å². The van der Waals surface area contributed by atoms with Gasteiger partial charge >= 0.3 is 0 Å². The lowest BCUT2D eigenvalue weighted by Crippen LogP contribution is -2.03. The zero-order chi connectivity index (χ0) is 15.9. The van der Waals surface area contributed by atoms with E-state index in [4.69, 9.17) is 16.3 Å². The maximum Gasteiger partial charge on any atom is 0.153 e. The molecule has 0 amide bonds. The average molecular weight is 286 g/mol. The summed E-state index contributed by atoms with van der Waals surface area (Å²) in [5, 5.41) is 33.7. The Kier molecular flexibility index (Phi) is 4.35. The molecule has 0 radical (unpaired) electrons. The van der Waals surface area contributed by atoms with Crippen LogP contribution in [-0.4, -0.2) is 10.2 Å². The van der Waals surface area contributed by atoms with Gasteiger partial charge in [0.2, 0.25) is 0 Å². The normalized spacial score (nSPS) is 10.1. The predicted octanol–water partition coefficient (Wildman–Crippen LogP) is 2.24. The SMILES string of the molecule is N#CC(C#N)=C(N)/C(C#N)=C/c1cn[nH]c1-c1ccccc1. The van der Waals surface area contributed by atoms with Crippen LogP contribution < -0.4 is 5.73 Å². The highest BCUT2D eigenvalue weighted by Crippen LogP contribution is 2.23. The molecule has 0 unspecified atom stereocenters. The third kappa shape index (κ3) is 2.85. The molecular formula is C16H10N6. The standard InChI is InChI=1S/C16H10N6/c17-7-12(15(20)14(8-18)9-19)6-13-10-21-22-16(13)11-4-2-1-3-5-11/h1-6,10H,20H2,(H,21,22)/b12-6+. The van der Waals surface area contributed by atoms with Crippen molar-refractivity contribution in [3.8, 4) is 29.5 Å². The minimum atomic E-state index is -0.294. The first-order valence-corrected chi connectivity index (χ1v) is 6.22. The van der Waals surface area contributed by atoms with Crippen molar-refractivity contribution in [3.63, 3.8) is 0 Å². The van der Waals surface area contributed by atoms with E-state index in [2.05, 4.69) is 10.2 Å². The molecule has 6 heteroatoms. The van der Waals surface area contributed by atoms with Crippen LogP contribution >= 0.6 is 0 Å². The molecule has 0 spiro atoms. The summed E-state index contributed by atoms with van der Waals surface area (Å²) in [5.41, 5.74) is 7.57. The number of hydrogen-bond acceptors (Lipinski definition) is 5. The van der Waals surface area contributed by atoms with E-state index in [-0.39, 0.29) is 16.8 Å². The molecule has 0 saturated heterocycles. The molecule has 6 nitrogen and oxygen atoms in total. The Labute approximate surface area is 127 Å². The van der Waals surface area contributed by atoms with Gasteiger partial charge in [-0.15, -0.1) is 0 Å². The Balaban J connectivity index is 2.53. The highest BCUT2D eigenvalue weighted by atomic mass is 15.1. The summed E-state index contributed by atoms with van der Waals surface area (Å²) in [7, 11) is 0. The first-order valence-electron chi connectivity index (χ1n) is 6.22. The third-order valence-electron chi connectivity index (χ3n) is 2.93. The number of aromatic nitrogens is 2. The van der Waals surface area contributed by atoms with Crippen molar-refractivity contribution in [3.05, 3.63) is 58.9 Å². The van der Waals surface area contributed by atoms with Crippen molar-refractivity contribution in [2.45, 2.75) is 0 Å². The summed E-state index contributed by atoms with van der Waals surface area (Å²) in [6.07, 6.45) is 3.04. The fourth-order valence-corrected chi connectivity index (χ4v) is 1.85. The van der Waals surface area contributed by atoms with Crippen LogP contribution in [0.25, 0.3) is 17.3 Å². The minimum Gasteiger partial charge on any atom is -0.396 e. The van der Waals surface area contributed by atoms with Crippen molar-refractivity contribution >= 4 is 6.08 Å². The maximum absolute atomic E-state index is 9.21. The third-order valence-corrected chi connectivity index (χ3v) is 2.93. The van der Waals surface area contributed by atoms with Gasteiger partial charge in [-0.1, -0.05) is 30.3 Å². The summed E-state index contributed by atoms with van der Waals surface area (Å²) in [6, 6.07) is 14.7. The number of aromatic amines is 1. The average Bonchev–Trinajstić information content (AvgIpc) is 3.02. The number of allylic oxidation sites excluding steroid dienone is 2. The zero-order valence-corrected chi connectivity index (χ0v) is 11.4. The summed E-state index contributed by atoms with van der Waals surface area (Å²) >= 11 is 0. The van der Waals surface area contributed by atoms with E-state index >= 15 is 0 Å². The summed E-state index contributed by atoms with van der Waals surface area (Å²) in [4.78, 5) is 0. The smallest absolute Gasteiger partial charge is 0.153 e. The molecule has 2 aromatic rings. The lowest BCUT2D eigenvalue weighted by Gasteiger charge is -2.01. The molecule has 1 aromatic heterocycles. The van der Waals surface area contributed by atoms with Gasteiger partial charge in [0.05, 0.1) is 23.2 Å². The first kappa shape index (κ1) is 14.6. The molecule has 22 heavy (non-hydrogen) atoms. The van der Waals surface area contributed by atoms with Crippen LogP contribution in [0.4, 0.5) is 0 Å². The fraction of sp³-hybridized carbons (Fsp3) is 0. The van der Waals surface area contributed by atoms with E-state index < -0.39 is 0 Å². The second-order valence-electron chi connectivity index (χ2n) is 4.25. The summed E-state index contributed by atoms with van der Waals surface area (Å²) in [6.45, 7) is 0. The van der Waals surface area contributed by atoms with Crippen molar-refractivity contribution in [1.29, 1.82) is 15.8 Å². The minimum absolute atomic E-state index is 0.0386. The maximum atomic E-state index is 9.21. The lowest BCUT2D eigenvalue weighted by atomic mass is 10.0. The molecule has 0 saturated carbocycles. The number of nitrogens with two attached hydrogens (primary N) is 1. The van der Waals surface area contributed by atoms with E-state index in [9.17, 15) is 5.26 Å². The number of nitriles is 3. The molecular weight excluding hydrogens is 276 g/mol. The fourth-order valence-electron chi connectivity index (χ4n) is 1.85. The van der Waals surface area contributed by atoms with E-state index in [0.29, 0.717) is 5.56 Å². The van der Waals surface area contributed by atoms with Crippen LogP contribution in [0.15, 0.2) is 53.4 Å². The molecule has 0 bridgehead atoms. The monoisotopic (exact) mass is 286 g/mol. The molecule has 0 aliphatic heterocycles. The first-order chi connectivity index (χ1) is 10.7. The molecule has 0 fully saturated rings. The van der Waals surface area contributed by atoms with Crippen molar-refractivity contribution in [2.75, 3.05) is 0 Å². The highest BCUT2D eigenvalue weighted by Gasteiger charge is 2.11. The van der Waals surface area contributed by atoms with Crippen molar-refractivity contribution < 1.29 is 0 Å². The molecule has 3 N–H and O–H groups in total. The lowest BCUT2D eigenvalue weighted by molar-refractivity contribution is 1.10. The van der Waals surface area contributed by atoms with Crippen LogP contribution in [0.1, 0.15) is 5.56 Å². The largest absolute Gasteiger partial charge is 0.396 e. The predicted molar refractivity (Wildman–Crippen MR) is 80.1 cm³/mol. The van der Waals surface area contributed by atoms with Gasteiger partial charge < -0.3 is 5.73 Å². The molecule has 0 aliphatic carbocycles. The summed E-state index contributed by atoms with van der Waals surface area (Å²) in [5.74, 6) is 0. The quantitative estimate of drug-likeness (QED) is 0.660. The van der Waals surface area contributed by atoms with Gasteiger partial charge in [0.1, 0.15) is 18.2 Å². The van der Waals surface area contributed by atoms with E-state index in [1.807, 2.05) is 36.4 Å². The van der Waals surface area contributed by atoms with Crippen molar-refractivity contribution in [2.24, 2.45) is 5.73 Å². The van der Waals surface area contributed by atoms with E-state index in [0.717, 1.165) is 11.3 Å². The second kappa shape index (κ2) is 6.56. The molecule has 0 atom stereocenters.